The summed E-state index contributed by atoms with van der Waals surface area (Å²) in [6.45, 7) is 4.86. The molecule has 4 nitrogen and oxygen atoms in total. The van der Waals surface area contributed by atoms with Crippen LogP contribution in [0.1, 0.15) is 37.5 Å². The molecule has 1 heterocycles. The van der Waals surface area contributed by atoms with E-state index in [-0.39, 0.29) is 10.9 Å². The molecule has 0 spiro atoms. The fraction of sp³-hybridized carbons (Fsp3) is 0.429. The third-order valence-corrected chi connectivity index (χ3v) is 4.56. The lowest BCUT2D eigenvalue weighted by Gasteiger charge is -2.13. The Morgan fingerprint density at radius 1 is 1.45 bits per heavy atom. The third kappa shape index (κ3) is 3.46. The van der Waals surface area contributed by atoms with Gasteiger partial charge in [-0.25, -0.2) is 9.89 Å². The quantitative estimate of drug-likeness (QED) is 0.824. The molecule has 0 saturated heterocycles. The van der Waals surface area contributed by atoms with Crippen molar-refractivity contribution in [2.75, 3.05) is 0 Å². The van der Waals surface area contributed by atoms with Crippen LogP contribution in [0.3, 0.4) is 0 Å². The summed E-state index contributed by atoms with van der Waals surface area (Å²) in [7, 11) is 0. The van der Waals surface area contributed by atoms with Crippen LogP contribution in [0.5, 0.6) is 0 Å². The second kappa shape index (κ2) is 6.99. The van der Waals surface area contributed by atoms with Gasteiger partial charge in [-0.05, 0) is 25.0 Å². The van der Waals surface area contributed by atoms with E-state index in [4.69, 9.17) is 11.6 Å². The number of aromatic amines is 1. The molecule has 0 bridgehead atoms. The monoisotopic (exact) mass is 311 g/mol. The van der Waals surface area contributed by atoms with Gasteiger partial charge in [-0.1, -0.05) is 54.9 Å². The molecule has 1 unspecified atom stereocenters. The van der Waals surface area contributed by atoms with Crippen LogP contribution in [0.2, 0.25) is 5.02 Å². The number of aromatic nitrogens is 3. The van der Waals surface area contributed by atoms with Gasteiger partial charge in [0.25, 0.3) is 0 Å². The summed E-state index contributed by atoms with van der Waals surface area (Å²) >= 11 is 7.75. The molecule has 1 aromatic heterocycles. The average molecular weight is 312 g/mol. The number of unbranched alkanes of at least 4 members (excludes halogenated alkanes) is 1. The Morgan fingerprint density at radius 3 is 2.90 bits per heavy atom. The zero-order chi connectivity index (χ0) is 14.5. The molecule has 6 heteroatoms. The van der Waals surface area contributed by atoms with E-state index in [9.17, 15) is 4.79 Å². The molecule has 1 N–H and O–H groups in total. The van der Waals surface area contributed by atoms with Crippen molar-refractivity contribution in [2.24, 2.45) is 0 Å². The Bertz CT molecular complexity index is 623. The summed E-state index contributed by atoms with van der Waals surface area (Å²) < 4.78 is 1.70. The van der Waals surface area contributed by atoms with E-state index < -0.39 is 0 Å². The Morgan fingerprint density at radius 2 is 2.20 bits per heavy atom. The smallest absolute Gasteiger partial charge is 0.270 e. The van der Waals surface area contributed by atoms with Gasteiger partial charge in [-0.15, -0.1) is 5.10 Å². The molecule has 0 saturated carbocycles. The van der Waals surface area contributed by atoms with Crippen LogP contribution < -0.4 is 5.69 Å². The second-order valence-corrected chi connectivity index (χ2v) is 6.31. The number of thioether (sulfide) groups is 1. The largest absolute Gasteiger partial charge is 0.343 e. The maximum atomic E-state index is 11.7. The van der Waals surface area contributed by atoms with Gasteiger partial charge >= 0.3 is 5.69 Å². The van der Waals surface area contributed by atoms with Crippen molar-refractivity contribution >= 4 is 23.4 Å². The number of nitrogens with zero attached hydrogens (tertiary/aromatic N) is 2. The number of H-pyrrole nitrogens is 1. The summed E-state index contributed by atoms with van der Waals surface area (Å²) in [6.07, 6.45) is 2.01. The molecule has 108 valence electrons. The molecule has 0 fully saturated rings. The molecular formula is C14H18ClN3OS. The van der Waals surface area contributed by atoms with E-state index in [1.54, 1.807) is 16.3 Å². The molecule has 20 heavy (non-hydrogen) atoms. The van der Waals surface area contributed by atoms with E-state index >= 15 is 0 Å². The van der Waals surface area contributed by atoms with Gasteiger partial charge in [0, 0.05) is 16.8 Å². The predicted octanol–water partition coefficient (Wildman–Crippen LogP) is 3.88. The lowest BCUT2D eigenvalue weighted by molar-refractivity contribution is 0.572. The van der Waals surface area contributed by atoms with Crippen molar-refractivity contribution in [2.45, 2.75) is 43.6 Å². The van der Waals surface area contributed by atoms with Crippen molar-refractivity contribution in [3.63, 3.8) is 0 Å². The maximum absolute atomic E-state index is 11.7. The van der Waals surface area contributed by atoms with Gasteiger partial charge in [-0.2, -0.15) is 0 Å². The standard InChI is InChI=1S/C14H18ClN3OS/c1-3-4-9-18-13(19)16-17-14(18)20-10(2)11-7-5-6-8-12(11)15/h5-8,10H,3-4,9H2,1-2H3,(H,16,19). The van der Waals surface area contributed by atoms with Gasteiger partial charge in [0.1, 0.15) is 0 Å². The Hall–Kier alpha value is -1.20. The number of hydrogen-bond donors (Lipinski definition) is 1. The minimum Gasteiger partial charge on any atom is -0.270 e. The van der Waals surface area contributed by atoms with Crippen molar-refractivity contribution in [1.82, 2.24) is 14.8 Å². The topological polar surface area (TPSA) is 50.7 Å². The molecule has 0 radical (unpaired) electrons. The number of hydrogen-bond acceptors (Lipinski definition) is 3. The van der Waals surface area contributed by atoms with Crippen molar-refractivity contribution in [1.29, 1.82) is 0 Å². The Kier molecular flexibility index (Phi) is 5.31. The number of rotatable bonds is 6. The van der Waals surface area contributed by atoms with Gasteiger partial charge in [-0.3, -0.25) is 4.57 Å². The fourth-order valence-corrected chi connectivity index (χ4v) is 3.35. The second-order valence-electron chi connectivity index (χ2n) is 4.60. The van der Waals surface area contributed by atoms with Gasteiger partial charge in [0.15, 0.2) is 5.16 Å². The molecule has 0 aliphatic rings. The SMILES string of the molecule is CCCCn1c(SC(C)c2ccccc2Cl)n[nH]c1=O. The molecule has 1 aromatic carbocycles. The lowest BCUT2D eigenvalue weighted by Crippen LogP contribution is -2.17. The van der Waals surface area contributed by atoms with E-state index in [2.05, 4.69) is 24.0 Å². The van der Waals surface area contributed by atoms with Crippen LogP contribution in [-0.4, -0.2) is 14.8 Å². The first-order valence-electron chi connectivity index (χ1n) is 6.69. The molecule has 0 aliphatic heterocycles. The molecule has 2 rings (SSSR count). The first kappa shape index (κ1) is 15.2. The minimum atomic E-state index is -0.146. The van der Waals surface area contributed by atoms with E-state index in [0.717, 1.165) is 28.6 Å². The number of nitrogens with one attached hydrogen (secondary N) is 1. The summed E-state index contributed by atoms with van der Waals surface area (Å²) in [6, 6.07) is 7.76. The van der Waals surface area contributed by atoms with Crippen molar-refractivity contribution in [3.05, 3.63) is 45.3 Å². The highest BCUT2D eigenvalue weighted by molar-refractivity contribution is 7.99. The maximum Gasteiger partial charge on any atom is 0.343 e. The van der Waals surface area contributed by atoms with Crippen molar-refractivity contribution < 1.29 is 0 Å². The molecule has 1 atom stereocenters. The van der Waals surface area contributed by atoms with Crippen LogP contribution in [0.4, 0.5) is 0 Å². The highest BCUT2D eigenvalue weighted by atomic mass is 35.5. The van der Waals surface area contributed by atoms with Crippen LogP contribution >= 0.6 is 23.4 Å². The summed E-state index contributed by atoms with van der Waals surface area (Å²) in [5.41, 5.74) is 0.906. The molecule has 0 aliphatic carbocycles. The van der Waals surface area contributed by atoms with Gasteiger partial charge in [0.05, 0.1) is 0 Å². The molecular weight excluding hydrogens is 294 g/mol. The highest BCUT2D eigenvalue weighted by Gasteiger charge is 2.15. The lowest BCUT2D eigenvalue weighted by atomic mass is 10.2. The predicted molar refractivity (Wildman–Crippen MR) is 83.5 cm³/mol. The Labute approximate surface area is 127 Å². The van der Waals surface area contributed by atoms with Gasteiger partial charge < -0.3 is 0 Å². The fourth-order valence-electron chi connectivity index (χ4n) is 1.93. The first-order chi connectivity index (χ1) is 9.63. The number of benzene rings is 1. The van der Waals surface area contributed by atoms with E-state index in [1.807, 2.05) is 24.3 Å². The zero-order valence-corrected chi connectivity index (χ0v) is 13.2. The van der Waals surface area contributed by atoms with Gasteiger partial charge in [0.2, 0.25) is 0 Å². The van der Waals surface area contributed by atoms with Crippen LogP contribution in [-0.2, 0) is 6.54 Å². The average Bonchev–Trinajstić information content (AvgIpc) is 2.77. The normalized spacial score (nSPS) is 12.6. The third-order valence-electron chi connectivity index (χ3n) is 3.08. The highest BCUT2D eigenvalue weighted by Crippen LogP contribution is 2.36. The summed E-state index contributed by atoms with van der Waals surface area (Å²) in [5.74, 6) is 0. The van der Waals surface area contributed by atoms with Crippen LogP contribution in [0.25, 0.3) is 0 Å². The Balaban J connectivity index is 2.18. The summed E-state index contributed by atoms with van der Waals surface area (Å²) in [4.78, 5) is 11.7. The van der Waals surface area contributed by atoms with E-state index in [0.29, 0.717) is 6.54 Å². The molecule has 0 amide bonds. The first-order valence-corrected chi connectivity index (χ1v) is 7.95. The zero-order valence-electron chi connectivity index (χ0n) is 11.6. The summed E-state index contributed by atoms with van der Waals surface area (Å²) in [5, 5.41) is 8.23. The van der Waals surface area contributed by atoms with Crippen LogP contribution in [0, 0.1) is 0 Å². The minimum absolute atomic E-state index is 0.138. The molecule has 2 aromatic rings. The van der Waals surface area contributed by atoms with Crippen LogP contribution in [0.15, 0.2) is 34.2 Å². The number of halogens is 1. The van der Waals surface area contributed by atoms with E-state index in [1.165, 1.54) is 0 Å². The van der Waals surface area contributed by atoms with Crippen molar-refractivity contribution in [3.8, 4) is 0 Å².